The van der Waals surface area contributed by atoms with Crippen LogP contribution in [-0.4, -0.2) is 16.7 Å². The highest BCUT2D eigenvalue weighted by Gasteiger charge is 2.04. The Bertz CT molecular complexity index is 380. The topological polar surface area (TPSA) is 46.3 Å². The van der Waals surface area contributed by atoms with E-state index in [1.165, 1.54) is 0 Å². The number of aliphatic hydroxyl groups excluding tert-OH is 1. The maximum absolute atomic E-state index is 8.73. The average molecular weight is 209 g/mol. The third-order valence-corrected chi connectivity index (χ3v) is 2.77. The highest BCUT2D eigenvalue weighted by Crippen LogP contribution is 2.15. The fourth-order valence-corrected chi connectivity index (χ4v) is 2.06. The number of thiazole rings is 1. The lowest BCUT2D eigenvalue weighted by Crippen LogP contribution is -1.91. The monoisotopic (exact) mass is 209 g/mol. The van der Waals surface area contributed by atoms with E-state index in [2.05, 4.69) is 4.98 Å². The molecule has 4 heteroatoms. The first-order valence-corrected chi connectivity index (χ1v) is 5.33. The Morgan fingerprint density at radius 1 is 1.50 bits per heavy atom. The van der Waals surface area contributed by atoms with Crippen LogP contribution >= 0.6 is 11.3 Å². The number of rotatable bonds is 4. The van der Waals surface area contributed by atoms with Gasteiger partial charge < -0.3 is 9.52 Å². The summed E-state index contributed by atoms with van der Waals surface area (Å²) in [7, 11) is 0. The number of aromatic nitrogens is 1. The van der Waals surface area contributed by atoms with Crippen LogP contribution in [0.2, 0.25) is 0 Å². The molecule has 0 unspecified atom stereocenters. The summed E-state index contributed by atoms with van der Waals surface area (Å²) < 4.78 is 5.22. The predicted octanol–water partition coefficient (Wildman–Crippen LogP) is 1.86. The van der Waals surface area contributed by atoms with E-state index in [-0.39, 0.29) is 6.61 Å². The molecule has 2 aromatic rings. The Morgan fingerprint density at radius 3 is 3.14 bits per heavy atom. The summed E-state index contributed by atoms with van der Waals surface area (Å²) >= 11 is 1.61. The molecule has 0 aliphatic carbocycles. The van der Waals surface area contributed by atoms with Gasteiger partial charge in [-0.25, -0.2) is 4.98 Å². The Kier molecular flexibility index (Phi) is 2.96. The van der Waals surface area contributed by atoms with Crippen LogP contribution in [0.3, 0.4) is 0 Å². The summed E-state index contributed by atoms with van der Waals surface area (Å²) in [5.74, 6) is 0.926. The Morgan fingerprint density at radius 2 is 2.43 bits per heavy atom. The van der Waals surface area contributed by atoms with E-state index >= 15 is 0 Å². The van der Waals surface area contributed by atoms with Crippen molar-refractivity contribution in [3.8, 4) is 0 Å². The molecule has 0 aliphatic rings. The summed E-state index contributed by atoms with van der Waals surface area (Å²) in [6.45, 7) is 0.157. The Labute approximate surface area is 86.0 Å². The van der Waals surface area contributed by atoms with E-state index in [4.69, 9.17) is 9.52 Å². The highest BCUT2D eigenvalue weighted by molar-refractivity contribution is 7.09. The smallest absolute Gasteiger partial charge is 0.110 e. The Balaban J connectivity index is 2.03. The van der Waals surface area contributed by atoms with Gasteiger partial charge in [-0.15, -0.1) is 11.3 Å². The molecule has 0 bridgehead atoms. The quantitative estimate of drug-likeness (QED) is 0.836. The summed E-state index contributed by atoms with van der Waals surface area (Å²) in [4.78, 5) is 4.37. The van der Waals surface area contributed by atoms with Gasteiger partial charge in [0.2, 0.25) is 0 Å². The second-order valence-electron chi connectivity index (χ2n) is 2.96. The maximum Gasteiger partial charge on any atom is 0.110 e. The van der Waals surface area contributed by atoms with Gasteiger partial charge in [-0.05, 0) is 12.1 Å². The second kappa shape index (κ2) is 4.39. The zero-order chi connectivity index (χ0) is 9.80. The summed E-state index contributed by atoms with van der Waals surface area (Å²) in [5, 5.41) is 11.7. The molecule has 0 fully saturated rings. The summed E-state index contributed by atoms with van der Waals surface area (Å²) in [5.41, 5.74) is 0.957. The summed E-state index contributed by atoms with van der Waals surface area (Å²) in [6, 6.07) is 3.81. The van der Waals surface area contributed by atoms with Crippen molar-refractivity contribution in [3.05, 3.63) is 40.2 Å². The largest absolute Gasteiger partial charge is 0.469 e. The van der Waals surface area contributed by atoms with Crippen LogP contribution in [0.5, 0.6) is 0 Å². The van der Waals surface area contributed by atoms with Crippen molar-refractivity contribution in [2.45, 2.75) is 12.8 Å². The molecule has 2 rings (SSSR count). The zero-order valence-electron chi connectivity index (χ0n) is 7.64. The van der Waals surface area contributed by atoms with Gasteiger partial charge >= 0.3 is 0 Å². The lowest BCUT2D eigenvalue weighted by atomic mass is 10.3. The normalized spacial score (nSPS) is 10.6. The minimum Gasteiger partial charge on any atom is -0.469 e. The third kappa shape index (κ3) is 2.21. The van der Waals surface area contributed by atoms with Crippen molar-refractivity contribution in [2.24, 2.45) is 0 Å². The van der Waals surface area contributed by atoms with Gasteiger partial charge in [0.15, 0.2) is 0 Å². The fourth-order valence-electron chi connectivity index (χ4n) is 1.22. The number of aliphatic hydroxyl groups is 1. The molecule has 74 valence electrons. The van der Waals surface area contributed by atoms with Gasteiger partial charge in [0.05, 0.1) is 18.4 Å². The van der Waals surface area contributed by atoms with Gasteiger partial charge in [0, 0.05) is 18.4 Å². The first-order valence-electron chi connectivity index (χ1n) is 4.45. The number of hydrogen-bond donors (Lipinski definition) is 1. The van der Waals surface area contributed by atoms with E-state index in [0.717, 1.165) is 22.9 Å². The molecule has 0 saturated carbocycles. The van der Waals surface area contributed by atoms with Crippen LogP contribution in [0.25, 0.3) is 0 Å². The molecule has 0 radical (unpaired) electrons. The molecule has 0 amide bonds. The third-order valence-electron chi connectivity index (χ3n) is 1.87. The fraction of sp³-hybridized carbons (Fsp3) is 0.300. The highest BCUT2D eigenvalue weighted by atomic mass is 32.1. The minimum absolute atomic E-state index is 0.157. The van der Waals surface area contributed by atoms with Crippen molar-refractivity contribution >= 4 is 11.3 Å². The molecule has 2 aromatic heterocycles. The predicted molar refractivity (Wildman–Crippen MR) is 54.4 cm³/mol. The van der Waals surface area contributed by atoms with Crippen LogP contribution < -0.4 is 0 Å². The molecular weight excluding hydrogens is 198 g/mol. The molecule has 0 spiro atoms. The van der Waals surface area contributed by atoms with Gasteiger partial charge in [0.25, 0.3) is 0 Å². The zero-order valence-corrected chi connectivity index (χ0v) is 8.46. The number of nitrogens with zero attached hydrogens (tertiary/aromatic N) is 1. The van der Waals surface area contributed by atoms with Crippen LogP contribution in [0.15, 0.2) is 28.2 Å². The molecule has 0 aromatic carbocycles. The van der Waals surface area contributed by atoms with Crippen LogP contribution in [-0.2, 0) is 12.8 Å². The molecule has 14 heavy (non-hydrogen) atoms. The van der Waals surface area contributed by atoms with Crippen LogP contribution in [0.4, 0.5) is 0 Å². The average Bonchev–Trinajstić information content (AvgIpc) is 2.79. The lowest BCUT2D eigenvalue weighted by Gasteiger charge is -1.91. The Hall–Kier alpha value is -1.13. The van der Waals surface area contributed by atoms with Gasteiger partial charge in [-0.3, -0.25) is 0 Å². The van der Waals surface area contributed by atoms with Gasteiger partial charge in [-0.2, -0.15) is 0 Å². The molecule has 0 aliphatic heterocycles. The van der Waals surface area contributed by atoms with E-state index < -0.39 is 0 Å². The molecule has 2 heterocycles. The minimum atomic E-state index is 0.157. The summed E-state index contributed by atoms with van der Waals surface area (Å²) in [6.07, 6.45) is 3.04. The first kappa shape index (κ1) is 9.43. The maximum atomic E-state index is 8.73. The molecular formula is C10H11NO2S. The number of furan rings is 1. The first-order chi connectivity index (χ1) is 6.88. The van der Waals surface area contributed by atoms with E-state index in [9.17, 15) is 0 Å². The molecule has 0 atom stereocenters. The molecule has 3 nitrogen and oxygen atoms in total. The van der Waals surface area contributed by atoms with Crippen molar-refractivity contribution in [3.63, 3.8) is 0 Å². The number of hydrogen-bond acceptors (Lipinski definition) is 4. The molecule has 1 N–H and O–H groups in total. The van der Waals surface area contributed by atoms with Crippen molar-refractivity contribution in [2.75, 3.05) is 6.61 Å². The van der Waals surface area contributed by atoms with Crippen LogP contribution in [0.1, 0.15) is 16.5 Å². The van der Waals surface area contributed by atoms with Gasteiger partial charge in [-0.1, -0.05) is 0 Å². The standard InChI is InChI=1S/C10H11NO2S/c12-4-3-8-7-14-10(11-8)6-9-2-1-5-13-9/h1-2,5,7,12H,3-4,6H2. The van der Waals surface area contributed by atoms with E-state index in [0.29, 0.717) is 6.42 Å². The molecule has 0 saturated heterocycles. The van der Waals surface area contributed by atoms with Crippen molar-refractivity contribution in [1.29, 1.82) is 0 Å². The lowest BCUT2D eigenvalue weighted by molar-refractivity contribution is 0.298. The second-order valence-corrected chi connectivity index (χ2v) is 3.90. The van der Waals surface area contributed by atoms with Crippen molar-refractivity contribution < 1.29 is 9.52 Å². The van der Waals surface area contributed by atoms with Gasteiger partial charge in [0.1, 0.15) is 10.8 Å². The van der Waals surface area contributed by atoms with Crippen LogP contribution in [0, 0.1) is 0 Å². The van der Waals surface area contributed by atoms with Crippen molar-refractivity contribution in [1.82, 2.24) is 4.98 Å². The van der Waals surface area contributed by atoms with E-state index in [1.54, 1.807) is 17.6 Å². The SMILES string of the molecule is OCCc1csc(Cc2ccco2)n1. The van der Waals surface area contributed by atoms with E-state index in [1.807, 2.05) is 17.5 Å².